The molecular formula is C21H19Cl2N3O3. The summed E-state index contributed by atoms with van der Waals surface area (Å²) in [6, 6.07) is 12.3. The summed E-state index contributed by atoms with van der Waals surface area (Å²) < 4.78 is 0. The summed E-state index contributed by atoms with van der Waals surface area (Å²) in [6.07, 6.45) is 0. The summed E-state index contributed by atoms with van der Waals surface area (Å²) in [5, 5.41) is 11.3. The first kappa shape index (κ1) is 22.3. The van der Waals surface area contributed by atoms with Gasteiger partial charge in [-0.3, -0.25) is 4.79 Å². The van der Waals surface area contributed by atoms with E-state index in [4.69, 9.17) is 32.9 Å². The lowest BCUT2D eigenvalue weighted by atomic mass is 10.0. The monoisotopic (exact) mass is 431 g/mol. The van der Waals surface area contributed by atoms with Crippen LogP contribution in [0.15, 0.2) is 52.8 Å². The van der Waals surface area contributed by atoms with E-state index >= 15 is 0 Å². The van der Waals surface area contributed by atoms with Gasteiger partial charge in [0.05, 0.1) is 15.6 Å². The Morgan fingerprint density at radius 1 is 1.10 bits per heavy atom. The van der Waals surface area contributed by atoms with E-state index in [1.807, 2.05) is 12.1 Å². The second-order valence-electron chi connectivity index (χ2n) is 5.66. The third kappa shape index (κ3) is 6.24. The number of hydrogen-bond acceptors (Lipinski definition) is 5. The topological polar surface area (TPSA) is 72.3 Å². The number of benzene rings is 2. The maximum absolute atomic E-state index is 12.1. The molecule has 0 atom stereocenters. The lowest BCUT2D eigenvalue weighted by molar-refractivity contribution is -0.114. The van der Waals surface area contributed by atoms with E-state index in [1.165, 1.54) is 14.2 Å². The van der Waals surface area contributed by atoms with Crippen LogP contribution in [0, 0.1) is 11.8 Å². The van der Waals surface area contributed by atoms with Gasteiger partial charge >= 0.3 is 0 Å². The largest absolute Gasteiger partial charge is 0.398 e. The average molecular weight is 432 g/mol. The van der Waals surface area contributed by atoms with E-state index in [2.05, 4.69) is 27.5 Å². The third-order valence-electron chi connectivity index (χ3n) is 3.65. The molecule has 0 spiro atoms. The predicted octanol–water partition coefficient (Wildman–Crippen LogP) is 4.03. The number of likely N-dealkylation sites (N-methyl/N-ethyl adjacent to an activating group) is 1. The van der Waals surface area contributed by atoms with Gasteiger partial charge in [0.25, 0.3) is 5.91 Å². The molecule has 0 fully saturated rings. The number of amides is 1. The van der Waals surface area contributed by atoms with Gasteiger partial charge in [0.15, 0.2) is 5.71 Å². The van der Waals surface area contributed by atoms with Crippen molar-refractivity contribution in [3.63, 3.8) is 0 Å². The molecule has 150 valence electrons. The molecule has 0 saturated carbocycles. The predicted molar refractivity (Wildman–Crippen MR) is 115 cm³/mol. The average Bonchev–Trinajstić information content (AvgIpc) is 2.71. The molecule has 0 aliphatic carbocycles. The molecule has 0 unspecified atom stereocenters. The van der Waals surface area contributed by atoms with Gasteiger partial charge in [-0.1, -0.05) is 69.8 Å². The van der Waals surface area contributed by atoms with Crippen molar-refractivity contribution in [2.45, 2.75) is 13.5 Å². The highest BCUT2D eigenvalue weighted by Crippen LogP contribution is 2.22. The Labute approximate surface area is 179 Å². The molecule has 2 rings (SSSR count). The molecule has 0 bridgehead atoms. The maximum Gasteiger partial charge on any atom is 0.273 e. The van der Waals surface area contributed by atoms with Gasteiger partial charge in [0, 0.05) is 18.2 Å². The fraction of sp³-hybridized carbons (Fsp3) is 0.190. The molecular weight excluding hydrogens is 413 g/mol. The Bertz CT molecular complexity index is 987. The Kier molecular flexibility index (Phi) is 8.53. The van der Waals surface area contributed by atoms with Crippen molar-refractivity contribution in [1.82, 2.24) is 5.32 Å². The summed E-state index contributed by atoms with van der Waals surface area (Å²) in [4.78, 5) is 22.3. The zero-order valence-corrected chi connectivity index (χ0v) is 17.6. The summed E-state index contributed by atoms with van der Waals surface area (Å²) in [6.45, 7) is 1.81. The van der Waals surface area contributed by atoms with Crippen molar-refractivity contribution in [3.05, 3.63) is 69.2 Å². The van der Waals surface area contributed by atoms with E-state index < -0.39 is 0 Å². The smallest absolute Gasteiger partial charge is 0.273 e. The molecule has 2 aromatic carbocycles. The number of nitrogens with one attached hydrogen (secondary N) is 1. The lowest BCUT2D eigenvalue weighted by Crippen LogP contribution is -2.29. The van der Waals surface area contributed by atoms with Gasteiger partial charge in [-0.05, 0) is 25.0 Å². The molecule has 2 aromatic rings. The molecule has 0 heterocycles. The van der Waals surface area contributed by atoms with E-state index in [1.54, 1.807) is 37.3 Å². The number of carbonyl (C=O) groups excluding carboxylic acids is 1. The van der Waals surface area contributed by atoms with Crippen LogP contribution >= 0.6 is 23.2 Å². The van der Waals surface area contributed by atoms with Crippen molar-refractivity contribution in [2.24, 2.45) is 10.3 Å². The van der Waals surface area contributed by atoms with E-state index in [-0.39, 0.29) is 18.2 Å². The molecule has 0 radical (unpaired) electrons. The minimum atomic E-state index is -0.374. The Balaban J connectivity index is 2.16. The number of oxime groups is 2. The number of halogens is 2. The van der Waals surface area contributed by atoms with Crippen LogP contribution in [0.25, 0.3) is 0 Å². The summed E-state index contributed by atoms with van der Waals surface area (Å²) in [7, 11) is 2.89. The molecule has 1 N–H and O–H groups in total. The van der Waals surface area contributed by atoms with Crippen molar-refractivity contribution >= 4 is 40.5 Å². The fourth-order valence-electron chi connectivity index (χ4n) is 2.29. The lowest BCUT2D eigenvalue weighted by Gasteiger charge is -2.09. The first-order chi connectivity index (χ1) is 14.0. The quantitative estimate of drug-likeness (QED) is 0.426. The molecule has 29 heavy (non-hydrogen) atoms. The molecule has 6 nitrogen and oxygen atoms in total. The second kappa shape index (κ2) is 11.1. The van der Waals surface area contributed by atoms with Gasteiger partial charge in [0.2, 0.25) is 0 Å². The maximum atomic E-state index is 12.1. The minimum absolute atomic E-state index is 0.113. The number of nitrogens with zero attached hydrogens (tertiary/aromatic N) is 2. The van der Waals surface area contributed by atoms with Crippen LogP contribution in [0.3, 0.4) is 0 Å². The summed E-state index contributed by atoms with van der Waals surface area (Å²) >= 11 is 12.2. The second-order valence-corrected chi connectivity index (χ2v) is 6.47. The van der Waals surface area contributed by atoms with Crippen LogP contribution in [0.2, 0.25) is 10.0 Å². The minimum Gasteiger partial charge on any atom is -0.398 e. The molecule has 0 saturated heterocycles. The standard InChI is InChI=1S/C21H19Cl2N3O3/c1-14(11-12-17-18(22)9-6-10-19(17)23)25-29-13-15-7-4-5-8-16(15)20(26-28-3)21(27)24-2/h4-10H,13H2,1-3H3,(H,24,27)/b25-14+,26-20+. The van der Waals surface area contributed by atoms with Crippen molar-refractivity contribution < 1.29 is 14.5 Å². The van der Waals surface area contributed by atoms with Crippen LogP contribution < -0.4 is 5.32 Å². The van der Waals surface area contributed by atoms with Crippen LogP contribution in [0.5, 0.6) is 0 Å². The fourth-order valence-corrected chi connectivity index (χ4v) is 2.78. The molecule has 8 heteroatoms. The molecule has 0 aliphatic heterocycles. The van der Waals surface area contributed by atoms with Gasteiger partial charge in [-0.2, -0.15) is 0 Å². The highest BCUT2D eigenvalue weighted by Gasteiger charge is 2.17. The highest BCUT2D eigenvalue weighted by molar-refractivity contribution is 6.45. The van der Waals surface area contributed by atoms with Gasteiger partial charge in [0.1, 0.15) is 19.4 Å². The normalized spacial score (nSPS) is 11.3. The van der Waals surface area contributed by atoms with Crippen LogP contribution in [0.1, 0.15) is 23.6 Å². The zero-order chi connectivity index (χ0) is 21.2. The first-order valence-corrected chi connectivity index (χ1v) is 9.27. The summed E-state index contributed by atoms with van der Waals surface area (Å²) in [5.74, 6) is 5.36. The Hall–Kier alpha value is -3.01. The van der Waals surface area contributed by atoms with E-state index in [9.17, 15) is 4.79 Å². The Morgan fingerprint density at radius 3 is 2.45 bits per heavy atom. The SMILES string of the molecule is CNC(=O)/C(=N/OC)c1ccccc1CO/N=C(\C)C#Cc1c(Cl)cccc1Cl. The van der Waals surface area contributed by atoms with Crippen LogP contribution in [-0.4, -0.2) is 31.5 Å². The zero-order valence-electron chi connectivity index (χ0n) is 16.1. The molecule has 0 aromatic heterocycles. The van der Waals surface area contributed by atoms with Crippen molar-refractivity contribution in [1.29, 1.82) is 0 Å². The van der Waals surface area contributed by atoms with Crippen molar-refractivity contribution in [2.75, 3.05) is 14.2 Å². The van der Waals surface area contributed by atoms with Gasteiger partial charge in [-0.25, -0.2) is 0 Å². The van der Waals surface area contributed by atoms with Crippen molar-refractivity contribution in [3.8, 4) is 11.8 Å². The first-order valence-electron chi connectivity index (χ1n) is 8.52. The van der Waals surface area contributed by atoms with Crippen LogP contribution in [0.4, 0.5) is 0 Å². The van der Waals surface area contributed by atoms with E-state index in [0.29, 0.717) is 32.4 Å². The van der Waals surface area contributed by atoms with E-state index in [0.717, 1.165) is 0 Å². The number of rotatable bonds is 6. The molecule has 1 amide bonds. The van der Waals surface area contributed by atoms with Gasteiger partial charge < -0.3 is 15.0 Å². The third-order valence-corrected chi connectivity index (χ3v) is 4.28. The number of hydrogen-bond donors (Lipinski definition) is 1. The Morgan fingerprint density at radius 2 is 1.79 bits per heavy atom. The number of carbonyl (C=O) groups is 1. The molecule has 0 aliphatic rings. The van der Waals surface area contributed by atoms with Crippen LogP contribution in [-0.2, 0) is 21.1 Å². The van der Waals surface area contributed by atoms with Gasteiger partial charge in [-0.15, -0.1) is 0 Å². The summed E-state index contributed by atoms with van der Waals surface area (Å²) in [5.41, 5.74) is 2.40. The highest BCUT2D eigenvalue weighted by atomic mass is 35.5.